The number of benzene rings is 2. The molecule has 2 aromatic rings. The standard InChI is InChI=1S/C17H19IO/c1-11-8-13(3)16(9-12(11)2)17(19)10-14-4-6-15(18)7-5-14/h4-9,17,19H,10H2,1-3H3. The van der Waals surface area contributed by atoms with Gasteiger partial charge in [-0.1, -0.05) is 24.3 Å². The Morgan fingerprint density at radius 2 is 1.53 bits per heavy atom. The normalized spacial score (nSPS) is 12.5. The number of halogens is 1. The van der Waals surface area contributed by atoms with E-state index in [1.807, 2.05) is 0 Å². The average molecular weight is 366 g/mol. The van der Waals surface area contributed by atoms with Crippen LogP contribution in [0, 0.1) is 24.3 Å². The van der Waals surface area contributed by atoms with Crippen molar-refractivity contribution in [1.82, 2.24) is 0 Å². The maximum absolute atomic E-state index is 10.4. The average Bonchev–Trinajstić information content (AvgIpc) is 2.36. The van der Waals surface area contributed by atoms with Crippen LogP contribution in [-0.4, -0.2) is 5.11 Å². The Labute approximate surface area is 128 Å². The lowest BCUT2D eigenvalue weighted by molar-refractivity contribution is 0.177. The van der Waals surface area contributed by atoms with Crippen molar-refractivity contribution >= 4 is 22.6 Å². The van der Waals surface area contributed by atoms with Crippen molar-refractivity contribution in [3.63, 3.8) is 0 Å². The topological polar surface area (TPSA) is 20.2 Å². The molecule has 0 aliphatic rings. The Balaban J connectivity index is 2.22. The van der Waals surface area contributed by atoms with E-state index in [1.54, 1.807) is 0 Å². The summed E-state index contributed by atoms with van der Waals surface area (Å²) in [4.78, 5) is 0. The number of hydrogen-bond donors (Lipinski definition) is 1. The van der Waals surface area contributed by atoms with Crippen LogP contribution in [0.2, 0.25) is 0 Å². The molecule has 0 aliphatic carbocycles. The molecule has 0 saturated heterocycles. The summed E-state index contributed by atoms with van der Waals surface area (Å²) < 4.78 is 1.22. The van der Waals surface area contributed by atoms with E-state index in [9.17, 15) is 5.11 Å². The molecule has 19 heavy (non-hydrogen) atoms. The Hall–Kier alpha value is -0.870. The summed E-state index contributed by atoms with van der Waals surface area (Å²) in [7, 11) is 0. The lowest BCUT2D eigenvalue weighted by Gasteiger charge is -2.16. The van der Waals surface area contributed by atoms with E-state index < -0.39 is 6.10 Å². The Bertz CT molecular complexity index is 573. The highest BCUT2D eigenvalue weighted by molar-refractivity contribution is 14.1. The van der Waals surface area contributed by atoms with Gasteiger partial charge in [0.15, 0.2) is 0 Å². The molecule has 2 heteroatoms. The minimum absolute atomic E-state index is 0.431. The molecule has 100 valence electrons. The predicted octanol–water partition coefficient (Wildman–Crippen LogP) is 4.49. The van der Waals surface area contributed by atoms with Gasteiger partial charge in [0.1, 0.15) is 0 Å². The van der Waals surface area contributed by atoms with E-state index in [0.717, 1.165) is 5.56 Å². The number of aliphatic hydroxyl groups is 1. The fourth-order valence-corrected chi connectivity index (χ4v) is 2.66. The van der Waals surface area contributed by atoms with Crippen LogP contribution in [0.5, 0.6) is 0 Å². The van der Waals surface area contributed by atoms with Gasteiger partial charge in [-0.3, -0.25) is 0 Å². The molecule has 0 aliphatic heterocycles. The van der Waals surface area contributed by atoms with Gasteiger partial charge < -0.3 is 5.11 Å². The highest BCUT2D eigenvalue weighted by Crippen LogP contribution is 2.25. The van der Waals surface area contributed by atoms with Crippen molar-refractivity contribution in [3.05, 3.63) is 67.8 Å². The van der Waals surface area contributed by atoms with Gasteiger partial charge in [0.05, 0.1) is 6.10 Å². The summed E-state index contributed by atoms with van der Waals surface area (Å²) >= 11 is 2.29. The molecule has 0 amide bonds. The first kappa shape index (κ1) is 14.5. The van der Waals surface area contributed by atoms with Crippen LogP contribution >= 0.6 is 22.6 Å². The van der Waals surface area contributed by atoms with Gasteiger partial charge in [-0.05, 0) is 83.3 Å². The van der Waals surface area contributed by atoms with Gasteiger partial charge in [-0.25, -0.2) is 0 Å². The van der Waals surface area contributed by atoms with Crippen molar-refractivity contribution in [3.8, 4) is 0 Å². The quantitative estimate of drug-likeness (QED) is 0.794. The maximum Gasteiger partial charge on any atom is 0.0833 e. The lowest BCUT2D eigenvalue weighted by atomic mass is 9.94. The minimum Gasteiger partial charge on any atom is -0.388 e. The van der Waals surface area contributed by atoms with E-state index in [0.29, 0.717) is 6.42 Å². The van der Waals surface area contributed by atoms with Crippen LogP contribution < -0.4 is 0 Å². The van der Waals surface area contributed by atoms with E-state index in [4.69, 9.17) is 0 Å². The van der Waals surface area contributed by atoms with Crippen LogP contribution in [0.1, 0.15) is 33.9 Å². The molecule has 1 unspecified atom stereocenters. The molecule has 0 spiro atoms. The highest BCUT2D eigenvalue weighted by atomic mass is 127. The van der Waals surface area contributed by atoms with Gasteiger partial charge in [-0.15, -0.1) is 0 Å². The summed E-state index contributed by atoms with van der Waals surface area (Å²) in [6.45, 7) is 6.27. The second kappa shape index (κ2) is 6.06. The largest absolute Gasteiger partial charge is 0.388 e. The van der Waals surface area contributed by atoms with Crippen molar-refractivity contribution in [2.75, 3.05) is 0 Å². The van der Waals surface area contributed by atoms with E-state index in [2.05, 4.69) is 79.8 Å². The number of aliphatic hydroxyl groups excluding tert-OH is 1. The van der Waals surface area contributed by atoms with E-state index in [-0.39, 0.29) is 0 Å². The first-order valence-electron chi connectivity index (χ1n) is 6.47. The predicted molar refractivity (Wildman–Crippen MR) is 88.5 cm³/mol. The van der Waals surface area contributed by atoms with Crippen molar-refractivity contribution < 1.29 is 5.11 Å². The zero-order valence-corrected chi connectivity index (χ0v) is 13.7. The maximum atomic E-state index is 10.4. The summed E-state index contributed by atoms with van der Waals surface area (Å²) in [6.07, 6.45) is 0.236. The van der Waals surface area contributed by atoms with Crippen molar-refractivity contribution in [2.24, 2.45) is 0 Å². The minimum atomic E-state index is -0.431. The van der Waals surface area contributed by atoms with Crippen LogP contribution in [0.3, 0.4) is 0 Å². The van der Waals surface area contributed by atoms with Crippen molar-refractivity contribution in [1.29, 1.82) is 0 Å². The first-order chi connectivity index (χ1) is 8.97. The van der Waals surface area contributed by atoms with E-state index in [1.165, 1.54) is 25.8 Å². The highest BCUT2D eigenvalue weighted by Gasteiger charge is 2.12. The zero-order valence-electron chi connectivity index (χ0n) is 11.6. The Morgan fingerprint density at radius 1 is 0.947 bits per heavy atom. The molecule has 0 fully saturated rings. The zero-order chi connectivity index (χ0) is 14.0. The molecule has 2 rings (SSSR count). The fourth-order valence-electron chi connectivity index (χ4n) is 2.30. The van der Waals surface area contributed by atoms with Gasteiger partial charge in [-0.2, -0.15) is 0 Å². The Morgan fingerprint density at radius 3 is 2.16 bits per heavy atom. The molecule has 0 radical (unpaired) electrons. The molecule has 2 aromatic carbocycles. The Kier molecular flexibility index (Phi) is 4.63. The van der Waals surface area contributed by atoms with Gasteiger partial charge in [0.25, 0.3) is 0 Å². The van der Waals surface area contributed by atoms with Crippen LogP contribution in [0.4, 0.5) is 0 Å². The van der Waals surface area contributed by atoms with Crippen LogP contribution in [0.25, 0.3) is 0 Å². The van der Waals surface area contributed by atoms with Crippen molar-refractivity contribution in [2.45, 2.75) is 33.3 Å². The fraction of sp³-hybridized carbons (Fsp3) is 0.294. The molecule has 0 saturated carbocycles. The van der Waals surface area contributed by atoms with Crippen LogP contribution in [0.15, 0.2) is 36.4 Å². The summed E-state index contributed by atoms with van der Waals surface area (Å²) in [6, 6.07) is 12.6. The monoisotopic (exact) mass is 366 g/mol. The van der Waals surface area contributed by atoms with E-state index >= 15 is 0 Å². The third-order valence-corrected chi connectivity index (χ3v) is 4.30. The summed E-state index contributed by atoms with van der Waals surface area (Å²) in [5, 5.41) is 10.4. The molecule has 0 heterocycles. The van der Waals surface area contributed by atoms with Gasteiger partial charge >= 0.3 is 0 Å². The molecule has 0 aromatic heterocycles. The molecule has 1 N–H and O–H groups in total. The molecular formula is C17H19IO. The smallest absolute Gasteiger partial charge is 0.0833 e. The molecule has 1 atom stereocenters. The third-order valence-electron chi connectivity index (χ3n) is 3.58. The van der Waals surface area contributed by atoms with Gasteiger partial charge in [0.2, 0.25) is 0 Å². The second-order valence-electron chi connectivity index (χ2n) is 5.14. The summed E-state index contributed by atoms with van der Waals surface area (Å²) in [5.41, 5.74) is 5.90. The molecule has 1 nitrogen and oxygen atoms in total. The van der Waals surface area contributed by atoms with Gasteiger partial charge in [0, 0.05) is 9.99 Å². The first-order valence-corrected chi connectivity index (χ1v) is 7.55. The third kappa shape index (κ3) is 3.57. The molecular weight excluding hydrogens is 347 g/mol. The number of aryl methyl sites for hydroxylation is 3. The van der Waals surface area contributed by atoms with Crippen LogP contribution in [-0.2, 0) is 6.42 Å². The number of rotatable bonds is 3. The second-order valence-corrected chi connectivity index (χ2v) is 6.39. The lowest BCUT2D eigenvalue weighted by Crippen LogP contribution is -2.05. The number of hydrogen-bond acceptors (Lipinski definition) is 1. The SMILES string of the molecule is Cc1cc(C)c(C(O)Cc2ccc(I)cc2)cc1C. The molecule has 0 bridgehead atoms. The summed E-state index contributed by atoms with van der Waals surface area (Å²) in [5.74, 6) is 0.